The fourth-order valence-electron chi connectivity index (χ4n) is 1.94. The zero-order valence-corrected chi connectivity index (χ0v) is 9.44. The van der Waals surface area contributed by atoms with Crippen molar-refractivity contribution >= 4 is 5.97 Å². The summed E-state index contributed by atoms with van der Waals surface area (Å²) in [6.45, 7) is 3.28. The van der Waals surface area contributed by atoms with E-state index in [1.54, 1.807) is 10.8 Å². The largest absolute Gasteiger partial charge is 0.475 e. The number of nitrogens with zero attached hydrogens (tertiary/aromatic N) is 2. The van der Waals surface area contributed by atoms with Crippen molar-refractivity contribution in [2.24, 2.45) is 0 Å². The van der Waals surface area contributed by atoms with Gasteiger partial charge in [-0.25, -0.2) is 9.78 Å². The van der Waals surface area contributed by atoms with Gasteiger partial charge < -0.3 is 15.0 Å². The van der Waals surface area contributed by atoms with E-state index < -0.39 is 5.97 Å². The monoisotopic (exact) mass is 223 g/mol. The van der Waals surface area contributed by atoms with Crippen molar-refractivity contribution in [3.8, 4) is 0 Å². The molecule has 0 bridgehead atoms. The first-order chi connectivity index (χ1) is 7.72. The minimum Gasteiger partial charge on any atom is -0.475 e. The molecule has 0 aromatic carbocycles. The van der Waals surface area contributed by atoms with Gasteiger partial charge in [-0.1, -0.05) is 6.42 Å². The highest BCUT2D eigenvalue weighted by Crippen LogP contribution is 2.18. The molecule has 1 aliphatic carbocycles. The van der Waals surface area contributed by atoms with Gasteiger partial charge in [-0.3, -0.25) is 0 Å². The van der Waals surface area contributed by atoms with Crippen molar-refractivity contribution < 1.29 is 9.90 Å². The number of rotatable bonds is 5. The molecule has 2 N–H and O–H groups in total. The summed E-state index contributed by atoms with van der Waals surface area (Å²) < 4.78 is 1.74. The van der Waals surface area contributed by atoms with Gasteiger partial charge in [-0.2, -0.15) is 0 Å². The van der Waals surface area contributed by atoms with Gasteiger partial charge in [0, 0.05) is 19.1 Å². The molecule has 1 saturated carbocycles. The van der Waals surface area contributed by atoms with Crippen LogP contribution in [-0.4, -0.2) is 26.7 Å². The summed E-state index contributed by atoms with van der Waals surface area (Å²) in [5.74, 6) is -0.829. The number of hydrogen-bond donors (Lipinski definition) is 2. The van der Waals surface area contributed by atoms with Gasteiger partial charge >= 0.3 is 5.97 Å². The van der Waals surface area contributed by atoms with E-state index in [1.807, 2.05) is 6.92 Å². The maximum atomic E-state index is 10.9. The molecule has 0 unspecified atom stereocenters. The van der Waals surface area contributed by atoms with Crippen molar-refractivity contribution in [1.29, 1.82) is 0 Å². The van der Waals surface area contributed by atoms with Crippen LogP contribution in [0, 0.1) is 0 Å². The molecule has 0 aliphatic heterocycles. The Labute approximate surface area is 94.5 Å². The van der Waals surface area contributed by atoms with Gasteiger partial charge in [0.05, 0.1) is 11.9 Å². The van der Waals surface area contributed by atoms with E-state index in [-0.39, 0.29) is 5.82 Å². The van der Waals surface area contributed by atoms with Crippen LogP contribution in [0.25, 0.3) is 0 Å². The molecule has 0 saturated heterocycles. The lowest BCUT2D eigenvalue weighted by Gasteiger charge is -2.26. The van der Waals surface area contributed by atoms with Crippen LogP contribution in [0.1, 0.15) is 42.5 Å². The SMILES string of the molecule is CCn1c(CNC2CCC2)cnc1C(=O)O. The van der Waals surface area contributed by atoms with Crippen molar-refractivity contribution in [1.82, 2.24) is 14.9 Å². The average Bonchev–Trinajstić information content (AvgIpc) is 2.58. The van der Waals surface area contributed by atoms with Crippen molar-refractivity contribution in [3.63, 3.8) is 0 Å². The molecular formula is C11H17N3O2. The second-order valence-electron chi connectivity index (χ2n) is 4.13. The molecule has 1 aliphatic rings. The molecule has 0 amide bonds. The van der Waals surface area contributed by atoms with Gasteiger partial charge in [0.2, 0.25) is 5.82 Å². The third kappa shape index (κ3) is 2.09. The molecule has 1 heterocycles. The lowest BCUT2D eigenvalue weighted by Crippen LogP contribution is -2.35. The van der Waals surface area contributed by atoms with Crippen LogP contribution in [0.3, 0.4) is 0 Å². The third-order valence-corrected chi connectivity index (χ3v) is 3.12. The highest BCUT2D eigenvalue weighted by molar-refractivity contribution is 5.83. The molecule has 0 spiro atoms. The zero-order chi connectivity index (χ0) is 11.5. The Morgan fingerprint density at radius 1 is 1.69 bits per heavy atom. The lowest BCUT2D eigenvalue weighted by atomic mass is 9.93. The minimum atomic E-state index is -0.961. The van der Waals surface area contributed by atoms with E-state index in [4.69, 9.17) is 5.11 Å². The molecule has 1 fully saturated rings. The van der Waals surface area contributed by atoms with Crippen LogP contribution < -0.4 is 5.32 Å². The second-order valence-corrected chi connectivity index (χ2v) is 4.13. The van der Waals surface area contributed by atoms with Gasteiger partial charge in [-0.05, 0) is 19.8 Å². The number of aromatic carboxylic acids is 1. The topological polar surface area (TPSA) is 67.2 Å². The Morgan fingerprint density at radius 3 is 2.94 bits per heavy atom. The average molecular weight is 223 g/mol. The summed E-state index contributed by atoms with van der Waals surface area (Å²) in [7, 11) is 0. The van der Waals surface area contributed by atoms with Crippen LogP contribution in [-0.2, 0) is 13.1 Å². The number of nitrogens with one attached hydrogen (secondary N) is 1. The Kier molecular flexibility index (Phi) is 3.24. The molecule has 2 rings (SSSR count). The van der Waals surface area contributed by atoms with Crippen molar-refractivity contribution in [3.05, 3.63) is 17.7 Å². The van der Waals surface area contributed by atoms with Gasteiger partial charge in [0.25, 0.3) is 0 Å². The fraction of sp³-hybridized carbons (Fsp3) is 0.636. The third-order valence-electron chi connectivity index (χ3n) is 3.12. The van der Waals surface area contributed by atoms with Crippen LogP contribution in [0.15, 0.2) is 6.20 Å². The van der Waals surface area contributed by atoms with E-state index >= 15 is 0 Å². The summed E-state index contributed by atoms with van der Waals surface area (Å²) in [6.07, 6.45) is 5.40. The molecule has 0 atom stereocenters. The summed E-state index contributed by atoms with van der Waals surface area (Å²) in [6, 6.07) is 0.605. The predicted octanol–water partition coefficient (Wildman–Crippen LogP) is 1.24. The molecule has 88 valence electrons. The standard InChI is InChI=1S/C11H17N3O2/c1-2-14-9(6-12-8-4-3-5-8)7-13-10(14)11(15)16/h7-8,12H,2-6H2,1H3,(H,15,16). The molecule has 5 heteroatoms. The fourth-order valence-corrected chi connectivity index (χ4v) is 1.94. The number of aromatic nitrogens is 2. The second kappa shape index (κ2) is 4.65. The lowest BCUT2D eigenvalue weighted by molar-refractivity contribution is 0.0678. The molecule has 1 aromatic rings. The first-order valence-corrected chi connectivity index (χ1v) is 5.73. The van der Waals surface area contributed by atoms with Crippen LogP contribution in [0.4, 0.5) is 0 Å². The van der Waals surface area contributed by atoms with Crippen molar-refractivity contribution in [2.45, 2.75) is 45.3 Å². The molecule has 1 aromatic heterocycles. The quantitative estimate of drug-likeness (QED) is 0.788. The molecule has 5 nitrogen and oxygen atoms in total. The van der Waals surface area contributed by atoms with Crippen LogP contribution >= 0.6 is 0 Å². The summed E-state index contributed by atoms with van der Waals surface area (Å²) in [4.78, 5) is 14.8. The van der Waals surface area contributed by atoms with Crippen LogP contribution in [0.2, 0.25) is 0 Å². The van der Waals surface area contributed by atoms with Crippen molar-refractivity contribution in [2.75, 3.05) is 0 Å². The van der Waals surface area contributed by atoms with E-state index in [2.05, 4.69) is 10.3 Å². The Bertz CT molecular complexity index is 383. The summed E-state index contributed by atoms with van der Waals surface area (Å²) >= 11 is 0. The number of carbonyl (C=O) groups is 1. The molecule has 0 radical (unpaired) electrons. The summed E-state index contributed by atoms with van der Waals surface area (Å²) in [5, 5.41) is 12.3. The smallest absolute Gasteiger partial charge is 0.372 e. The van der Waals surface area contributed by atoms with E-state index in [9.17, 15) is 4.79 Å². The normalized spacial score (nSPS) is 16.1. The number of hydrogen-bond acceptors (Lipinski definition) is 3. The summed E-state index contributed by atoms with van der Waals surface area (Å²) in [5.41, 5.74) is 0.951. The highest BCUT2D eigenvalue weighted by atomic mass is 16.4. The maximum Gasteiger partial charge on any atom is 0.372 e. The Morgan fingerprint density at radius 2 is 2.44 bits per heavy atom. The number of carboxylic acid groups (broad SMARTS) is 1. The predicted molar refractivity (Wildman–Crippen MR) is 59.3 cm³/mol. The first kappa shape index (κ1) is 11.1. The van der Waals surface area contributed by atoms with Gasteiger partial charge in [0.15, 0.2) is 0 Å². The minimum absolute atomic E-state index is 0.132. The van der Waals surface area contributed by atoms with Gasteiger partial charge in [-0.15, -0.1) is 0 Å². The first-order valence-electron chi connectivity index (χ1n) is 5.73. The highest BCUT2D eigenvalue weighted by Gasteiger charge is 2.19. The van der Waals surface area contributed by atoms with E-state index in [0.717, 1.165) is 5.69 Å². The Balaban J connectivity index is 2.04. The number of imidazole rings is 1. The van der Waals surface area contributed by atoms with E-state index in [0.29, 0.717) is 19.1 Å². The van der Waals surface area contributed by atoms with E-state index in [1.165, 1.54) is 19.3 Å². The molecule has 16 heavy (non-hydrogen) atoms. The maximum absolute atomic E-state index is 10.9. The van der Waals surface area contributed by atoms with Gasteiger partial charge in [0.1, 0.15) is 0 Å². The zero-order valence-electron chi connectivity index (χ0n) is 9.44. The number of carboxylic acids is 1. The van der Waals surface area contributed by atoms with Crippen LogP contribution in [0.5, 0.6) is 0 Å². The Hall–Kier alpha value is -1.36. The molecular weight excluding hydrogens is 206 g/mol.